The van der Waals surface area contributed by atoms with Crippen LogP contribution in [0.4, 0.5) is 0 Å². The molecule has 0 nitrogen and oxygen atoms in total. The highest BCUT2D eigenvalue weighted by molar-refractivity contribution is 8.65. The fraction of sp³-hybridized carbons (Fsp3) is 0.467. The van der Waals surface area contributed by atoms with Gasteiger partial charge in [-0.3, -0.25) is 0 Å². The van der Waals surface area contributed by atoms with Gasteiger partial charge < -0.3 is 0 Å². The van der Waals surface area contributed by atoms with Crippen LogP contribution in [-0.4, -0.2) is 11.5 Å². The fourth-order valence-corrected chi connectivity index (χ4v) is 3.56. The molecule has 0 N–H and O–H groups in total. The molecule has 0 saturated heterocycles. The van der Waals surface area contributed by atoms with Gasteiger partial charge in [-0.15, -0.1) is 0 Å². The van der Waals surface area contributed by atoms with E-state index in [1.54, 1.807) is 0 Å². The normalized spacial score (nSPS) is 17.8. The molecule has 0 saturated carbocycles. The highest BCUT2D eigenvalue weighted by atomic mass is 36.0. The minimum atomic E-state index is -1.47. The quantitative estimate of drug-likeness (QED) is 0.647. The molecule has 0 aromatic heterocycles. The molecule has 1 aliphatic carbocycles. The number of rotatable bonds is 4. The van der Waals surface area contributed by atoms with E-state index >= 15 is 0 Å². The van der Waals surface area contributed by atoms with Gasteiger partial charge >= 0.3 is 0 Å². The van der Waals surface area contributed by atoms with Crippen molar-refractivity contribution in [1.82, 2.24) is 0 Å². The van der Waals surface area contributed by atoms with Crippen molar-refractivity contribution < 1.29 is 0 Å². The second-order valence-electron chi connectivity index (χ2n) is 5.22. The first-order chi connectivity index (χ1) is 8.39. The van der Waals surface area contributed by atoms with E-state index < -0.39 is 8.46 Å². The van der Waals surface area contributed by atoms with Gasteiger partial charge in [0.1, 0.15) is 0 Å². The van der Waals surface area contributed by atoms with Crippen molar-refractivity contribution in [2.75, 3.05) is 6.26 Å². The molecule has 1 aliphatic rings. The SMILES string of the molecule is CC1=C(CCC(C)S(C)(Cl)Cl)c2ccccc2C1. The number of halogens is 2. The topological polar surface area (TPSA) is 0 Å². The van der Waals surface area contributed by atoms with Crippen molar-refractivity contribution in [3.63, 3.8) is 0 Å². The van der Waals surface area contributed by atoms with Crippen LogP contribution in [0.5, 0.6) is 0 Å². The Balaban J connectivity index is 2.09. The number of allylic oxidation sites excluding steroid dienone is 2. The Morgan fingerprint density at radius 2 is 1.94 bits per heavy atom. The summed E-state index contributed by atoms with van der Waals surface area (Å²) < 4.78 is 0. The number of fused-ring (bicyclic) bond motifs is 1. The molecule has 18 heavy (non-hydrogen) atoms. The number of benzene rings is 1. The summed E-state index contributed by atoms with van der Waals surface area (Å²) in [7, 11) is 11.0. The van der Waals surface area contributed by atoms with Crippen LogP contribution in [0.2, 0.25) is 0 Å². The highest BCUT2D eigenvalue weighted by Crippen LogP contribution is 2.60. The van der Waals surface area contributed by atoms with Gasteiger partial charge in [0.15, 0.2) is 0 Å². The third-order valence-corrected chi connectivity index (χ3v) is 7.29. The Morgan fingerprint density at radius 3 is 2.61 bits per heavy atom. The molecule has 0 heterocycles. The molecular weight excluding hydrogens is 283 g/mol. The molecule has 0 radical (unpaired) electrons. The molecule has 0 bridgehead atoms. The summed E-state index contributed by atoms with van der Waals surface area (Å²) in [5.41, 5.74) is 5.91. The molecular formula is C15H20Cl2S. The number of hydrogen-bond donors (Lipinski definition) is 0. The van der Waals surface area contributed by atoms with E-state index in [1.807, 2.05) is 6.26 Å². The monoisotopic (exact) mass is 302 g/mol. The summed E-state index contributed by atoms with van der Waals surface area (Å²) in [6.07, 6.45) is 5.22. The Hall–Kier alpha value is -0.110. The highest BCUT2D eigenvalue weighted by Gasteiger charge is 2.23. The van der Waals surface area contributed by atoms with Gasteiger partial charge in [0.2, 0.25) is 0 Å². The van der Waals surface area contributed by atoms with Crippen molar-refractivity contribution in [2.24, 2.45) is 0 Å². The van der Waals surface area contributed by atoms with Crippen molar-refractivity contribution in [3.05, 3.63) is 41.0 Å². The zero-order valence-electron chi connectivity index (χ0n) is 11.2. The van der Waals surface area contributed by atoms with E-state index in [0.29, 0.717) is 5.25 Å². The van der Waals surface area contributed by atoms with Crippen LogP contribution in [0.1, 0.15) is 37.8 Å². The average Bonchev–Trinajstić information content (AvgIpc) is 2.60. The first-order valence-electron chi connectivity index (χ1n) is 6.33. The molecule has 3 heteroatoms. The van der Waals surface area contributed by atoms with Crippen molar-refractivity contribution in [2.45, 2.75) is 38.4 Å². The van der Waals surface area contributed by atoms with E-state index in [-0.39, 0.29) is 0 Å². The van der Waals surface area contributed by atoms with Gasteiger partial charge in [-0.2, -0.15) is 0 Å². The minimum absolute atomic E-state index is 0.383. The second-order valence-corrected chi connectivity index (χ2v) is 11.9. The Morgan fingerprint density at radius 1 is 1.28 bits per heavy atom. The van der Waals surface area contributed by atoms with Crippen LogP contribution in [0.15, 0.2) is 29.8 Å². The molecule has 0 amide bonds. The zero-order chi connectivity index (χ0) is 13.3. The van der Waals surface area contributed by atoms with E-state index in [9.17, 15) is 0 Å². The summed E-state index contributed by atoms with van der Waals surface area (Å²) in [5.74, 6) is 0. The van der Waals surface area contributed by atoms with Gasteiger partial charge in [-0.25, -0.2) is 0 Å². The molecule has 100 valence electrons. The number of hydrogen-bond acceptors (Lipinski definition) is 0. The van der Waals surface area contributed by atoms with Crippen LogP contribution in [0.25, 0.3) is 5.57 Å². The van der Waals surface area contributed by atoms with Gasteiger partial charge in [0.05, 0.1) is 0 Å². The Kier molecular flexibility index (Phi) is 4.36. The standard InChI is InChI=1S/C15H20Cl2S/c1-11-10-13-6-4-5-7-15(13)14(11)9-8-12(2)18(3,16)17/h4-7,12H,8-10H2,1-3H3. The molecule has 1 aromatic carbocycles. The lowest BCUT2D eigenvalue weighted by molar-refractivity contribution is 0.839. The van der Waals surface area contributed by atoms with E-state index in [4.69, 9.17) is 21.4 Å². The van der Waals surface area contributed by atoms with Crippen LogP contribution >= 0.6 is 29.8 Å². The second kappa shape index (κ2) is 5.48. The third kappa shape index (κ3) is 3.07. The van der Waals surface area contributed by atoms with Crippen molar-refractivity contribution in [1.29, 1.82) is 0 Å². The molecule has 1 aromatic rings. The van der Waals surface area contributed by atoms with E-state index in [0.717, 1.165) is 19.3 Å². The van der Waals surface area contributed by atoms with E-state index in [1.165, 1.54) is 22.3 Å². The van der Waals surface area contributed by atoms with Gasteiger partial charge in [0, 0.05) is 5.25 Å². The van der Waals surface area contributed by atoms with Gasteiger partial charge in [-0.05, 0) is 49.1 Å². The lowest BCUT2D eigenvalue weighted by Crippen LogP contribution is -2.04. The maximum Gasteiger partial charge on any atom is 0.0116 e. The molecule has 0 spiro atoms. The van der Waals surface area contributed by atoms with Crippen LogP contribution in [0, 0.1) is 0 Å². The predicted octanol–water partition coefficient (Wildman–Crippen LogP) is 5.93. The van der Waals surface area contributed by atoms with Crippen LogP contribution < -0.4 is 0 Å². The maximum absolute atomic E-state index is 6.24. The zero-order valence-corrected chi connectivity index (χ0v) is 13.5. The third-order valence-electron chi connectivity index (χ3n) is 3.82. The smallest absolute Gasteiger partial charge is 0.0116 e. The summed E-state index contributed by atoms with van der Waals surface area (Å²) in [5, 5.41) is 0.383. The Bertz CT molecular complexity index is 472. The van der Waals surface area contributed by atoms with Gasteiger partial charge in [-0.1, -0.05) is 66.6 Å². The molecule has 2 rings (SSSR count). The lowest BCUT2D eigenvalue weighted by Gasteiger charge is -2.27. The van der Waals surface area contributed by atoms with Crippen LogP contribution in [-0.2, 0) is 6.42 Å². The molecule has 0 fully saturated rings. The molecule has 0 aliphatic heterocycles. The summed E-state index contributed by atoms with van der Waals surface area (Å²) in [6, 6.07) is 8.71. The summed E-state index contributed by atoms with van der Waals surface area (Å²) in [6.45, 7) is 4.40. The molecule has 1 atom stereocenters. The average molecular weight is 303 g/mol. The Labute approximate surface area is 121 Å². The van der Waals surface area contributed by atoms with Crippen molar-refractivity contribution >= 4 is 35.4 Å². The first kappa shape index (κ1) is 14.3. The summed E-state index contributed by atoms with van der Waals surface area (Å²) >= 11 is 0. The first-order valence-corrected chi connectivity index (χ1v) is 10.1. The van der Waals surface area contributed by atoms with E-state index in [2.05, 4.69) is 38.1 Å². The van der Waals surface area contributed by atoms with Crippen LogP contribution in [0.3, 0.4) is 0 Å². The lowest BCUT2D eigenvalue weighted by atomic mass is 10.0. The maximum atomic E-state index is 6.24. The largest absolute Gasteiger partial charge is 0.0846 e. The summed E-state index contributed by atoms with van der Waals surface area (Å²) in [4.78, 5) is 0. The fourth-order valence-electron chi connectivity index (χ4n) is 2.49. The van der Waals surface area contributed by atoms with Crippen molar-refractivity contribution in [3.8, 4) is 0 Å². The predicted molar refractivity (Wildman–Crippen MR) is 86.7 cm³/mol. The molecule has 1 unspecified atom stereocenters. The minimum Gasteiger partial charge on any atom is -0.0846 e. The van der Waals surface area contributed by atoms with Gasteiger partial charge in [0.25, 0.3) is 0 Å².